The second kappa shape index (κ2) is 18.8. The summed E-state index contributed by atoms with van der Waals surface area (Å²) in [4.78, 5) is 63.6. The number of nitrogens with zero attached hydrogens (tertiary/aromatic N) is 6. The highest BCUT2D eigenvalue weighted by Gasteiger charge is 2.39. The Morgan fingerprint density at radius 1 is 1.21 bits per heavy atom. The summed E-state index contributed by atoms with van der Waals surface area (Å²) in [5.74, 6) is -2.96. The van der Waals surface area contributed by atoms with Gasteiger partial charge in [-0.25, -0.2) is 23.7 Å². The molecule has 0 radical (unpaired) electrons. The van der Waals surface area contributed by atoms with E-state index < -0.39 is 48.1 Å². The average Bonchev–Trinajstić information content (AvgIpc) is 4.00. The number of oxazole rings is 1. The molecule has 5 atom stereocenters. The van der Waals surface area contributed by atoms with Crippen LogP contribution in [-0.4, -0.2) is 109 Å². The second-order valence-electron chi connectivity index (χ2n) is 14.6. The first-order valence-corrected chi connectivity index (χ1v) is 19.1. The Hall–Kier alpha value is -5.88. The van der Waals surface area contributed by atoms with E-state index in [9.17, 15) is 28.7 Å². The molecule has 3 aliphatic rings. The van der Waals surface area contributed by atoms with Gasteiger partial charge in [0.25, 0.3) is 5.91 Å². The number of hydrazine groups is 2. The molecule has 3 amide bonds. The molecule has 0 saturated carbocycles. The number of halogens is 1. The SMILES string of the molecule is CC1=C[C@@H](O)C[C@@H](F)Cc2nc(co2)C(=O)N2CCC[C@@H]2C(=O)O[C@H](C(C)C)[C@H](CC(=O)NCCN2C=C(c3cnc4cccnn34)NN2)/C=C/C(=O)NCC=C1. The Bertz CT molecular complexity index is 2040. The number of esters is 1. The number of hydrogen-bond donors (Lipinski definition) is 5. The van der Waals surface area contributed by atoms with E-state index >= 15 is 0 Å². The fraction of sp³-hybridized carbons (Fsp3) is 0.462. The monoisotopic (exact) mass is 788 g/mol. The van der Waals surface area contributed by atoms with Crippen LogP contribution in [0.4, 0.5) is 4.39 Å². The summed E-state index contributed by atoms with van der Waals surface area (Å²) in [5, 5.41) is 22.2. The van der Waals surface area contributed by atoms with Crippen molar-refractivity contribution in [1.82, 2.24) is 51.1 Å². The standard InChI is InChI=1S/C39H49FN10O7/c1-24(2)37-26(18-35(53)42-14-16-48-22-29(46-47-48)32-21-43-33-9-5-13-44-50(32)33)10-11-34(52)41-12-4-7-25(3)17-28(51)19-27(40)20-36-45-30(23-56-36)38(54)49-15-6-8-31(49)39(55)57-37/h4-5,7,9-11,13,17,21-24,26-28,31,37,46-47,51H,6,8,12,14-16,18-20H2,1-3H3,(H,41,52)(H,42,53)/b7-4?,11-10+,25-17?/t26-,27+,28+,31+,37+/m0/s1. The quantitative estimate of drug-likeness (QED) is 0.218. The third kappa shape index (κ3) is 10.7. The zero-order chi connectivity index (χ0) is 40.5. The predicted molar refractivity (Wildman–Crippen MR) is 205 cm³/mol. The number of fused-ring (bicyclic) bond motifs is 4. The van der Waals surface area contributed by atoms with Gasteiger partial charge in [0, 0.05) is 50.8 Å². The van der Waals surface area contributed by atoms with Gasteiger partial charge < -0.3 is 35.2 Å². The number of carbonyl (C=O) groups excluding carboxylic acids is 4. The summed E-state index contributed by atoms with van der Waals surface area (Å²) in [7, 11) is 0. The van der Waals surface area contributed by atoms with E-state index in [1.54, 1.807) is 53.1 Å². The number of imidazole rings is 1. The molecule has 3 aromatic heterocycles. The largest absolute Gasteiger partial charge is 0.460 e. The fourth-order valence-electron chi connectivity index (χ4n) is 6.98. The van der Waals surface area contributed by atoms with Gasteiger partial charge in [-0.05, 0) is 43.9 Å². The van der Waals surface area contributed by atoms with Crippen LogP contribution in [0.15, 0.2) is 77.4 Å². The van der Waals surface area contributed by atoms with Crippen molar-refractivity contribution in [3.8, 4) is 0 Å². The Labute approximate surface area is 329 Å². The molecule has 57 heavy (non-hydrogen) atoms. The van der Waals surface area contributed by atoms with Crippen molar-refractivity contribution in [2.24, 2.45) is 11.8 Å². The molecule has 0 aromatic carbocycles. The van der Waals surface area contributed by atoms with Crippen molar-refractivity contribution in [1.29, 1.82) is 0 Å². The van der Waals surface area contributed by atoms with Crippen molar-refractivity contribution < 1.29 is 37.8 Å². The second-order valence-corrected chi connectivity index (χ2v) is 14.6. The molecule has 304 valence electrons. The molecular weight excluding hydrogens is 739 g/mol. The number of rotatable bonds is 7. The third-order valence-electron chi connectivity index (χ3n) is 9.78. The number of amides is 3. The van der Waals surface area contributed by atoms with Crippen LogP contribution in [0.3, 0.4) is 0 Å². The Morgan fingerprint density at radius 3 is 2.88 bits per heavy atom. The molecule has 6 heterocycles. The molecule has 3 aromatic rings. The summed E-state index contributed by atoms with van der Waals surface area (Å²) in [5.41, 5.74) is 8.92. The first-order chi connectivity index (χ1) is 27.4. The van der Waals surface area contributed by atoms with Crippen LogP contribution < -0.4 is 21.6 Å². The Balaban J connectivity index is 1.16. The highest BCUT2D eigenvalue weighted by atomic mass is 19.1. The highest BCUT2D eigenvalue weighted by Crippen LogP contribution is 2.27. The van der Waals surface area contributed by atoms with E-state index in [2.05, 4.69) is 36.7 Å². The van der Waals surface area contributed by atoms with E-state index in [1.807, 2.05) is 26.1 Å². The molecule has 1 saturated heterocycles. The van der Waals surface area contributed by atoms with Gasteiger partial charge in [-0.1, -0.05) is 43.7 Å². The lowest BCUT2D eigenvalue weighted by molar-refractivity contribution is -0.159. The van der Waals surface area contributed by atoms with Crippen molar-refractivity contribution >= 4 is 35.0 Å². The number of aromatic nitrogens is 4. The molecule has 6 rings (SSSR count). The maximum Gasteiger partial charge on any atom is 0.329 e. The number of aliphatic hydroxyl groups is 1. The van der Waals surface area contributed by atoms with E-state index in [4.69, 9.17) is 9.15 Å². The lowest BCUT2D eigenvalue weighted by Gasteiger charge is -2.31. The molecular formula is C39H49FN10O7. The Kier molecular flexibility index (Phi) is 13.5. The summed E-state index contributed by atoms with van der Waals surface area (Å²) in [6, 6.07) is 2.73. The number of allylic oxidation sites excluding steroid dienone is 2. The number of ether oxygens (including phenoxy) is 1. The van der Waals surface area contributed by atoms with Crippen LogP contribution in [-0.2, 0) is 25.5 Å². The van der Waals surface area contributed by atoms with Gasteiger partial charge in [0.15, 0.2) is 17.2 Å². The van der Waals surface area contributed by atoms with Gasteiger partial charge >= 0.3 is 5.97 Å². The fourth-order valence-corrected chi connectivity index (χ4v) is 6.98. The number of hydrogen-bond acceptors (Lipinski definition) is 13. The number of carbonyl (C=O) groups is 4. The molecule has 2 bridgehead atoms. The normalized spacial score (nSPS) is 24.7. The maximum absolute atomic E-state index is 14.9. The summed E-state index contributed by atoms with van der Waals surface area (Å²) in [6.07, 6.45) is 11.0. The Morgan fingerprint density at radius 2 is 2.05 bits per heavy atom. The van der Waals surface area contributed by atoms with Crippen molar-refractivity contribution in [2.45, 2.75) is 77.3 Å². The van der Waals surface area contributed by atoms with E-state index in [1.165, 1.54) is 17.1 Å². The minimum absolute atomic E-state index is 0.00526. The van der Waals surface area contributed by atoms with E-state index in [0.29, 0.717) is 30.6 Å². The smallest absolute Gasteiger partial charge is 0.329 e. The molecule has 1 fully saturated rings. The lowest BCUT2D eigenvalue weighted by Crippen LogP contribution is -2.45. The van der Waals surface area contributed by atoms with Crippen molar-refractivity contribution in [3.05, 3.63) is 90.2 Å². The van der Waals surface area contributed by atoms with Crippen LogP contribution in [0.5, 0.6) is 0 Å². The van der Waals surface area contributed by atoms with Crippen LogP contribution >= 0.6 is 0 Å². The number of alkyl halides is 1. The highest BCUT2D eigenvalue weighted by molar-refractivity contribution is 5.95. The van der Waals surface area contributed by atoms with Crippen LogP contribution in [0, 0.1) is 11.8 Å². The van der Waals surface area contributed by atoms with Crippen LogP contribution in [0.1, 0.15) is 68.5 Å². The van der Waals surface area contributed by atoms with Gasteiger partial charge in [-0.15, -0.1) is 5.53 Å². The zero-order valence-corrected chi connectivity index (χ0v) is 32.1. The molecule has 5 N–H and O–H groups in total. The van der Waals surface area contributed by atoms with Gasteiger partial charge in [0.05, 0.1) is 31.0 Å². The molecule has 0 unspecified atom stereocenters. The number of nitrogens with one attached hydrogen (secondary N) is 4. The summed E-state index contributed by atoms with van der Waals surface area (Å²) in [6.45, 7) is 6.52. The average molecular weight is 789 g/mol. The van der Waals surface area contributed by atoms with Crippen LogP contribution in [0.2, 0.25) is 0 Å². The predicted octanol–water partition coefficient (Wildman–Crippen LogP) is 2.16. The van der Waals surface area contributed by atoms with Crippen LogP contribution in [0.25, 0.3) is 11.3 Å². The first kappa shape index (κ1) is 40.8. The van der Waals surface area contributed by atoms with Gasteiger partial charge in [-0.2, -0.15) is 5.10 Å². The van der Waals surface area contributed by atoms with E-state index in [-0.39, 0.29) is 62.3 Å². The zero-order valence-electron chi connectivity index (χ0n) is 32.1. The van der Waals surface area contributed by atoms with Crippen molar-refractivity contribution in [3.63, 3.8) is 0 Å². The van der Waals surface area contributed by atoms with Gasteiger partial charge in [0.1, 0.15) is 30.3 Å². The minimum atomic E-state index is -1.50. The first-order valence-electron chi connectivity index (χ1n) is 19.1. The minimum Gasteiger partial charge on any atom is -0.460 e. The molecule has 3 aliphatic heterocycles. The molecule has 0 spiro atoms. The lowest BCUT2D eigenvalue weighted by atomic mass is 9.89. The van der Waals surface area contributed by atoms with Gasteiger partial charge in [-0.3, -0.25) is 19.4 Å². The van der Waals surface area contributed by atoms with E-state index in [0.717, 1.165) is 17.7 Å². The third-order valence-corrected chi connectivity index (χ3v) is 9.78. The molecule has 18 heteroatoms. The maximum atomic E-state index is 14.9. The molecule has 0 aliphatic carbocycles. The molecule has 17 nitrogen and oxygen atoms in total. The summed E-state index contributed by atoms with van der Waals surface area (Å²) >= 11 is 0. The van der Waals surface area contributed by atoms with Crippen molar-refractivity contribution in [2.75, 3.05) is 26.2 Å². The summed E-state index contributed by atoms with van der Waals surface area (Å²) < 4.78 is 28.1. The number of cyclic esters (lactones) is 1. The van der Waals surface area contributed by atoms with Gasteiger partial charge in [0.2, 0.25) is 11.8 Å². The number of aliphatic hydroxyl groups excluding tert-OH is 1. The topological polar surface area (TPSA) is 209 Å².